The van der Waals surface area contributed by atoms with E-state index in [0.29, 0.717) is 0 Å². The Balaban J connectivity index is 2.14. The summed E-state index contributed by atoms with van der Waals surface area (Å²) < 4.78 is 16.1. The highest BCUT2D eigenvalue weighted by molar-refractivity contribution is 9.09. The Kier molecular flexibility index (Phi) is 4.53. The molecule has 1 aromatic heterocycles. The van der Waals surface area contributed by atoms with E-state index in [1.54, 1.807) is 14.2 Å². The van der Waals surface area contributed by atoms with Gasteiger partial charge >= 0.3 is 0 Å². The second kappa shape index (κ2) is 6.15. The first-order chi connectivity index (χ1) is 9.13. The minimum Gasteiger partial charge on any atom is -0.493 e. The number of rotatable bonds is 5. The van der Waals surface area contributed by atoms with E-state index in [9.17, 15) is 0 Å². The lowest BCUT2D eigenvalue weighted by Crippen LogP contribution is -1.96. The summed E-state index contributed by atoms with van der Waals surface area (Å²) in [5.41, 5.74) is 1.16. The zero-order valence-corrected chi connectivity index (χ0v) is 12.9. The van der Waals surface area contributed by atoms with Gasteiger partial charge in [0, 0.05) is 0 Å². The van der Waals surface area contributed by atoms with Crippen LogP contribution in [0.1, 0.15) is 21.9 Å². The normalized spacial score (nSPS) is 12.2. The molecule has 1 aromatic carbocycles. The van der Waals surface area contributed by atoms with Crippen molar-refractivity contribution in [1.82, 2.24) is 0 Å². The van der Waals surface area contributed by atoms with Gasteiger partial charge in [-0.25, -0.2) is 0 Å². The van der Waals surface area contributed by atoms with E-state index in [-0.39, 0.29) is 4.83 Å². The number of ether oxygens (including phenoxy) is 2. The van der Waals surface area contributed by atoms with Crippen LogP contribution in [0.2, 0.25) is 0 Å². The molecule has 2 rings (SSSR count). The molecule has 0 N–H and O–H groups in total. The fourth-order valence-corrected chi connectivity index (χ4v) is 2.56. The Morgan fingerprint density at radius 3 is 2.42 bits per heavy atom. The number of alkyl halides is 1. The van der Waals surface area contributed by atoms with Gasteiger partial charge in [0.15, 0.2) is 11.5 Å². The molecule has 0 amide bonds. The monoisotopic (exact) mass is 324 g/mol. The zero-order chi connectivity index (χ0) is 13.8. The molecule has 102 valence electrons. The molecule has 0 fully saturated rings. The molecule has 4 heteroatoms. The second-order valence-electron chi connectivity index (χ2n) is 4.31. The Morgan fingerprint density at radius 1 is 1.11 bits per heavy atom. The molecular weight excluding hydrogens is 308 g/mol. The first-order valence-electron chi connectivity index (χ1n) is 6.05. The molecule has 2 aromatic rings. The van der Waals surface area contributed by atoms with Crippen LogP contribution in [-0.4, -0.2) is 14.2 Å². The molecule has 1 heterocycles. The third-order valence-corrected chi connectivity index (χ3v) is 3.71. The first kappa shape index (κ1) is 14.0. The van der Waals surface area contributed by atoms with Gasteiger partial charge in [0.25, 0.3) is 0 Å². The van der Waals surface area contributed by atoms with Crippen molar-refractivity contribution in [1.29, 1.82) is 0 Å². The van der Waals surface area contributed by atoms with Crippen LogP contribution < -0.4 is 9.47 Å². The fraction of sp³-hybridized carbons (Fsp3) is 0.333. The van der Waals surface area contributed by atoms with Crippen LogP contribution in [0.3, 0.4) is 0 Å². The van der Waals surface area contributed by atoms with Gasteiger partial charge in [-0.1, -0.05) is 22.0 Å². The molecule has 19 heavy (non-hydrogen) atoms. The van der Waals surface area contributed by atoms with Gasteiger partial charge in [0.2, 0.25) is 0 Å². The highest BCUT2D eigenvalue weighted by Gasteiger charge is 2.13. The lowest BCUT2D eigenvalue weighted by atomic mass is 10.1. The predicted octanol–water partition coefficient (Wildman–Crippen LogP) is 4.28. The highest BCUT2D eigenvalue weighted by Crippen LogP contribution is 2.32. The van der Waals surface area contributed by atoms with E-state index < -0.39 is 0 Å². The number of aryl methyl sites for hydroxylation is 1. The molecule has 0 aliphatic rings. The lowest BCUT2D eigenvalue weighted by molar-refractivity contribution is 0.354. The summed E-state index contributed by atoms with van der Waals surface area (Å²) in [5.74, 6) is 3.35. The number of furan rings is 1. The molecule has 0 aliphatic heterocycles. The summed E-state index contributed by atoms with van der Waals surface area (Å²) in [6, 6.07) is 9.91. The molecule has 0 aliphatic carbocycles. The molecule has 1 atom stereocenters. The van der Waals surface area contributed by atoms with Crippen molar-refractivity contribution in [2.45, 2.75) is 18.2 Å². The van der Waals surface area contributed by atoms with Gasteiger partial charge < -0.3 is 13.9 Å². The van der Waals surface area contributed by atoms with E-state index in [1.165, 1.54) is 0 Å². The standard InChI is InChI=1S/C15H17BrO3/c1-10-4-6-13(19-10)12(16)8-11-5-7-14(17-2)15(9-11)18-3/h4-7,9,12H,8H2,1-3H3. The summed E-state index contributed by atoms with van der Waals surface area (Å²) in [7, 11) is 3.28. The molecule has 3 nitrogen and oxygen atoms in total. The van der Waals surface area contributed by atoms with Crippen LogP contribution in [0.15, 0.2) is 34.7 Å². The van der Waals surface area contributed by atoms with Gasteiger partial charge in [0.05, 0.1) is 19.0 Å². The van der Waals surface area contributed by atoms with Crippen molar-refractivity contribution in [3.8, 4) is 11.5 Å². The largest absolute Gasteiger partial charge is 0.493 e. The van der Waals surface area contributed by atoms with Crippen LogP contribution in [0.5, 0.6) is 11.5 Å². The van der Waals surface area contributed by atoms with E-state index in [0.717, 1.165) is 35.0 Å². The molecule has 0 radical (unpaired) electrons. The van der Waals surface area contributed by atoms with E-state index >= 15 is 0 Å². The summed E-state index contributed by atoms with van der Waals surface area (Å²) in [4.78, 5) is 0.152. The molecule has 0 saturated heterocycles. The van der Waals surface area contributed by atoms with Crippen LogP contribution >= 0.6 is 15.9 Å². The van der Waals surface area contributed by atoms with Crippen molar-refractivity contribution in [2.24, 2.45) is 0 Å². The summed E-state index contributed by atoms with van der Waals surface area (Å²) in [5, 5.41) is 0. The van der Waals surface area contributed by atoms with Crippen molar-refractivity contribution in [2.75, 3.05) is 14.2 Å². The number of methoxy groups -OCH3 is 2. The van der Waals surface area contributed by atoms with Gasteiger partial charge in [-0.2, -0.15) is 0 Å². The molecule has 0 spiro atoms. The SMILES string of the molecule is COc1ccc(CC(Br)c2ccc(C)o2)cc1OC. The summed E-state index contributed by atoms with van der Waals surface area (Å²) in [6.07, 6.45) is 0.827. The minimum atomic E-state index is 0.152. The first-order valence-corrected chi connectivity index (χ1v) is 6.97. The van der Waals surface area contributed by atoms with Crippen LogP contribution in [0, 0.1) is 6.92 Å². The van der Waals surface area contributed by atoms with Crippen molar-refractivity contribution in [3.63, 3.8) is 0 Å². The maximum atomic E-state index is 5.62. The lowest BCUT2D eigenvalue weighted by Gasteiger charge is -2.11. The maximum absolute atomic E-state index is 5.62. The topological polar surface area (TPSA) is 31.6 Å². The molecule has 0 saturated carbocycles. The Bertz CT molecular complexity index is 548. The van der Waals surface area contributed by atoms with E-state index in [4.69, 9.17) is 13.9 Å². The molecule has 1 unspecified atom stereocenters. The van der Waals surface area contributed by atoms with Crippen LogP contribution in [-0.2, 0) is 6.42 Å². The van der Waals surface area contributed by atoms with Crippen molar-refractivity contribution >= 4 is 15.9 Å². The van der Waals surface area contributed by atoms with Crippen LogP contribution in [0.4, 0.5) is 0 Å². The average Bonchev–Trinajstić information content (AvgIpc) is 2.85. The predicted molar refractivity (Wildman–Crippen MR) is 78.4 cm³/mol. The summed E-state index contributed by atoms with van der Waals surface area (Å²) >= 11 is 3.65. The number of hydrogen-bond acceptors (Lipinski definition) is 3. The Hall–Kier alpha value is -1.42. The van der Waals surface area contributed by atoms with E-state index in [2.05, 4.69) is 15.9 Å². The van der Waals surface area contributed by atoms with Gasteiger partial charge in [0.1, 0.15) is 11.5 Å². The van der Waals surface area contributed by atoms with Crippen molar-refractivity contribution < 1.29 is 13.9 Å². The third-order valence-electron chi connectivity index (χ3n) is 2.93. The smallest absolute Gasteiger partial charge is 0.160 e. The second-order valence-corrected chi connectivity index (χ2v) is 5.41. The minimum absolute atomic E-state index is 0.152. The van der Waals surface area contributed by atoms with Gasteiger partial charge in [-0.3, -0.25) is 0 Å². The fourth-order valence-electron chi connectivity index (χ4n) is 1.94. The molecule has 0 bridgehead atoms. The van der Waals surface area contributed by atoms with Gasteiger partial charge in [-0.15, -0.1) is 0 Å². The quantitative estimate of drug-likeness (QED) is 0.769. The number of halogens is 1. The zero-order valence-electron chi connectivity index (χ0n) is 11.3. The van der Waals surface area contributed by atoms with Crippen molar-refractivity contribution in [3.05, 3.63) is 47.4 Å². The average molecular weight is 325 g/mol. The summed E-state index contributed by atoms with van der Waals surface area (Å²) in [6.45, 7) is 1.94. The number of benzene rings is 1. The third kappa shape index (κ3) is 3.32. The van der Waals surface area contributed by atoms with Gasteiger partial charge in [-0.05, 0) is 43.2 Å². The van der Waals surface area contributed by atoms with E-state index in [1.807, 2.05) is 37.3 Å². The molecular formula is C15H17BrO3. The Labute approximate surface area is 121 Å². The number of hydrogen-bond donors (Lipinski definition) is 0. The van der Waals surface area contributed by atoms with Crippen LogP contribution in [0.25, 0.3) is 0 Å². The highest BCUT2D eigenvalue weighted by atomic mass is 79.9. The maximum Gasteiger partial charge on any atom is 0.160 e. The Morgan fingerprint density at radius 2 is 1.84 bits per heavy atom.